The highest BCUT2D eigenvalue weighted by molar-refractivity contribution is 7.00. The summed E-state index contributed by atoms with van der Waals surface area (Å²) in [5.41, 5.74) is 29.7. The van der Waals surface area contributed by atoms with Gasteiger partial charge in [-0.3, -0.25) is 0 Å². The first-order chi connectivity index (χ1) is 41.1. The summed E-state index contributed by atoms with van der Waals surface area (Å²) in [5, 5.41) is 0. The maximum Gasteiger partial charge on any atom is 0.252 e. The molecule has 0 bridgehead atoms. The zero-order valence-electron chi connectivity index (χ0n) is 55.9. The number of anilines is 10. The second-order valence-corrected chi connectivity index (χ2v) is 34.3. The van der Waals surface area contributed by atoms with Crippen LogP contribution in [0.2, 0.25) is 0 Å². The van der Waals surface area contributed by atoms with Gasteiger partial charge in [-0.05, 0) is 238 Å². The van der Waals surface area contributed by atoms with Crippen LogP contribution in [0.3, 0.4) is 0 Å². The van der Waals surface area contributed by atoms with Gasteiger partial charge in [-0.15, -0.1) is 0 Å². The Bertz CT molecular complexity index is 4100. The van der Waals surface area contributed by atoms with E-state index < -0.39 is 0 Å². The van der Waals surface area contributed by atoms with Crippen LogP contribution in [0.5, 0.6) is 0 Å². The van der Waals surface area contributed by atoms with Gasteiger partial charge in [-0.25, -0.2) is 0 Å². The summed E-state index contributed by atoms with van der Waals surface area (Å²) in [6.45, 7) is 40.6. The zero-order chi connectivity index (χ0) is 60.8. The van der Waals surface area contributed by atoms with Gasteiger partial charge in [0.15, 0.2) is 0 Å². The lowest BCUT2D eigenvalue weighted by atomic mass is 9.33. The second kappa shape index (κ2) is 17.8. The van der Waals surface area contributed by atoms with Crippen molar-refractivity contribution in [2.24, 2.45) is 0 Å². The zero-order valence-corrected chi connectivity index (χ0v) is 55.9. The quantitative estimate of drug-likeness (QED) is 0.163. The molecule has 4 nitrogen and oxygen atoms in total. The Balaban J connectivity index is 1.05. The summed E-state index contributed by atoms with van der Waals surface area (Å²) < 4.78 is 0. The summed E-state index contributed by atoms with van der Waals surface area (Å²) in [6.07, 6.45) is 16.8. The molecule has 0 radical (unpaired) electrons. The third-order valence-corrected chi connectivity index (χ3v) is 26.7. The van der Waals surface area contributed by atoms with Crippen LogP contribution in [0.1, 0.15) is 245 Å². The molecular weight excluding hydrogens is 1050 g/mol. The maximum absolute atomic E-state index is 2.88. The largest absolute Gasteiger partial charge is 0.334 e. The highest BCUT2D eigenvalue weighted by atomic mass is 15.3. The molecule has 0 saturated heterocycles. The van der Waals surface area contributed by atoms with Gasteiger partial charge in [-0.1, -0.05) is 183 Å². The van der Waals surface area contributed by atoms with Crippen LogP contribution >= 0.6 is 0 Å². The standard InChI is InChI=1S/C82H97BN4/c1-73(2)39-41-75(5,6)60-45-52(29-32-56(60)73)84-68-47-54(86-66-27-19-17-25-58(66)79(13)35-21-23-37-81(79,86)15)31-34-64(68)83-65-50-62-63(78(11,12)44-43-77(62,9)10)51-69(65)85(53-30-33-57-61(46-53)76(7,8)42-40-74(57,3)4)71-49-55(48-70(84)72(71)83)87-67-28-20-18-26-59(67)80(14)36-22-24-38-82(80,87)16/h17-20,25-34,45-51H,21-24,35-44H2,1-16H3. The Hall–Kier alpha value is -6.20. The third kappa shape index (κ3) is 7.38. The molecule has 0 N–H and O–H groups in total. The summed E-state index contributed by atoms with van der Waals surface area (Å²) in [6, 6.07) is 53.4. The van der Waals surface area contributed by atoms with E-state index in [2.05, 4.69) is 258 Å². The molecule has 7 aromatic rings. The second-order valence-electron chi connectivity index (χ2n) is 34.3. The molecular formula is C82H97BN4. The predicted molar refractivity (Wildman–Crippen MR) is 372 cm³/mol. The fourth-order valence-electron chi connectivity index (χ4n) is 20.5. The van der Waals surface area contributed by atoms with Crippen molar-refractivity contribution in [2.75, 3.05) is 19.6 Å². The molecule has 4 aliphatic heterocycles. The average Bonchev–Trinajstić information content (AvgIpc) is 1.63. The van der Waals surface area contributed by atoms with Crippen molar-refractivity contribution in [1.82, 2.24) is 0 Å². The van der Waals surface area contributed by atoms with Crippen LogP contribution < -0.4 is 36.0 Å². The molecule has 0 amide bonds. The summed E-state index contributed by atoms with van der Waals surface area (Å²) in [4.78, 5) is 11.3. The first-order valence-electron chi connectivity index (χ1n) is 34.3. The topological polar surface area (TPSA) is 13.0 Å². The minimum atomic E-state index is -0.139. The van der Waals surface area contributed by atoms with E-state index in [4.69, 9.17) is 0 Å². The SMILES string of the molecule is CC1(C)CCC(C)(C)c2cc(N3c4cc(N5c6ccccc6C6(C)CCCCC56C)ccc4B4c5cc6c(cc5N(c5ccc7c(c5)C(C)(C)CCC7(C)C)c5cc(N7c8ccccc8C8(C)CCCCC78C)cc3c54)C(C)(C)CCC6(C)C)ccc21. The summed E-state index contributed by atoms with van der Waals surface area (Å²) in [5.74, 6) is 0. The van der Waals surface area contributed by atoms with Crippen LogP contribution in [-0.2, 0) is 43.3 Å². The van der Waals surface area contributed by atoms with Crippen molar-refractivity contribution < 1.29 is 0 Å². The molecule has 0 aromatic heterocycles. The highest BCUT2D eigenvalue weighted by Gasteiger charge is 2.60. The Morgan fingerprint density at radius 3 is 1.11 bits per heavy atom. The van der Waals surface area contributed by atoms with E-state index in [1.807, 2.05) is 0 Å². The smallest absolute Gasteiger partial charge is 0.252 e. The molecule has 4 atom stereocenters. The van der Waals surface area contributed by atoms with Crippen molar-refractivity contribution >= 4 is 80.0 Å². The third-order valence-electron chi connectivity index (χ3n) is 26.7. The molecule has 448 valence electrons. The van der Waals surface area contributed by atoms with E-state index in [0.717, 1.165) is 6.42 Å². The fourth-order valence-corrected chi connectivity index (χ4v) is 20.5. The van der Waals surface area contributed by atoms with E-state index in [0.29, 0.717) is 0 Å². The van der Waals surface area contributed by atoms with Gasteiger partial charge in [-0.2, -0.15) is 0 Å². The summed E-state index contributed by atoms with van der Waals surface area (Å²) >= 11 is 0. The van der Waals surface area contributed by atoms with Gasteiger partial charge in [0.05, 0.1) is 11.1 Å². The Labute approximate surface area is 523 Å². The van der Waals surface area contributed by atoms with E-state index in [-0.39, 0.29) is 61.1 Å². The van der Waals surface area contributed by atoms with Gasteiger partial charge in [0.1, 0.15) is 0 Å². The van der Waals surface area contributed by atoms with Crippen molar-refractivity contribution in [2.45, 2.75) is 255 Å². The van der Waals surface area contributed by atoms with Crippen LogP contribution in [-0.4, -0.2) is 17.8 Å². The first kappa shape index (κ1) is 56.1. The minimum Gasteiger partial charge on any atom is -0.334 e. The predicted octanol–water partition coefficient (Wildman–Crippen LogP) is 20.3. The van der Waals surface area contributed by atoms with Crippen molar-refractivity contribution in [3.8, 4) is 0 Å². The lowest BCUT2D eigenvalue weighted by Crippen LogP contribution is -2.62. The first-order valence-corrected chi connectivity index (χ1v) is 34.3. The van der Waals surface area contributed by atoms with Crippen molar-refractivity contribution in [3.63, 3.8) is 0 Å². The molecule has 9 aliphatic rings. The molecule has 5 aliphatic carbocycles. The number of hydrogen-bond donors (Lipinski definition) is 0. The monoisotopic (exact) mass is 1150 g/mol. The van der Waals surface area contributed by atoms with Crippen LogP contribution in [0, 0.1) is 0 Å². The number of para-hydroxylation sites is 2. The van der Waals surface area contributed by atoms with E-state index >= 15 is 0 Å². The minimum absolute atomic E-state index is 0.00799. The molecule has 2 saturated carbocycles. The van der Waals surface area contributed by atoms with Gasteiger partial charge in [0, 0.05) is 67.7 Å². The molecule has 16 rings (SSSR count). The number of fused-ring (bicyclic) bond motifs is 13. The van der Waals surface area contributed by atoms with Crippen molar-refractivity contribution in [3.05, 3.63) is 172 Å². The molecule has 0 spiro atoms. The molecule has 2 fully saturated rings. The average molecular weight is 1150 g/mol. The number of rotatable bonds is 4. The van der Waals surface area contributed by atoms with E-state index in [1.165, 1.54) is 201 Å². The highest BCUT2D eigenvalue weighted by Crippen LogP contribution is 2.64. The molecule has 4 heterocycles. The van der Waals surface area contributed by atoms with Crippen LogP contribution in [0.25, 0.3) is 0 Å². The molecule has 87 heavy (non-hydrogen) atoms. The Morgan fingerprint density at radius 2 is 0.644 bits per heavy atom. The van der Waals surface area contributed by atoms with E-state index in [9.17, 15) is 0 Å². The fraction of sp³-hybridized carbons (Fsp3) is 0.488. The lowest BCUT2D eigenvalue weighted by molar-refractivity contribution is 0.195. The van der Waals surface area contributed by atoms with Gasteiger partial charge in [0.2, 0.25) is 0 Å². The van der Waals surface area contributed by atoms with Crippen molar-refractivity contribution in [1.29, 1.82) is 0 Å². The molecule has 4 unspecified atom stereocenters. The number of hydrogen-bond acceptors (Lipinski definition) is 4. The molecule has 5 heteroatoms. The Kier molecular flexibility index (Phi) is 11.5. The maximum atomic E-state index is 2.88. The Morgan fingerprint density at radius 1 is 0.276 bits per heavy atom. The normalized spacial score (nSPS) is 28.2. The number of nitrogens with zero attached hydrogens (tertiary/aromatic N) is 4. The van der Waals surface area contributed by atoms with Crippen LogP contribution in [0.4, 0.5) is 56.9 Å². The van der Waals surface area contributed by atoms with E-state index in [1.54, 1.807) is 0 Å². The molecule has 7 aromatic carbocycles. The lowest BCUT2D eigenvalue weighted by Gasteiger charge is -2.52. The number of benzene rings is 7. The summed E-state index contributed by atoms with van der Waals surface area (Å²) in [7, 11) is 0. The van der Waals surface area contributed by atoms with Gasteiger partial charge in [0.25, 0.3) is 6.71 Å². The van der Waals surface area contributed by atoms with Crippen LogP contribution in [0.15, 0.2) is 127 Å². The van der Waals surface area contributed by atoms with Gasteiger partial charge >= 0.3 is 0 Å². The van der Waals surface area contributed by atoms with Gasteiger partial charge < -0.3 is 19.6 Å².